The number of rotatable bonds is 6. The van der Waals surface area contributed by atoms with Gasteiger partial charge in [0.15, 0.2) is 5.82 Å². The molecule has 3 rings (SSSR count). The van der Waals surface area contributed by atoms with E-state index in [4.69, 9.17) is 4.52 Å². The average Bonchev–Trinajstić information content (AvgIpc) is 3.20. The van der Waals surface area contributed by atoms with Crippen molar-refractivity contribution in [3.05, 3.63) is 65.6 Å². The summed E-state index contributed by atoms with van der Waals surface area (Å²) in [5.74, 6) is 0.862. The number of amides is 1. The highest BCUT2D eigenvalue weighted by molar-refractivity contribution is 5.93. The molecule has 0 aliphatic rings. The van der Waals surface area contributed by atoms with Gasteiger partial charge in [-0.3, -0.25) is 9.48 Å². The molecule has 0 aliphatic carbocycles. The van der Waals surface area contributed by atoms with Crippen LogP contribution in [-0.4, -0.2) is 25.8 Å². The van der Waals surface area contributed by atoms with Crippen molar-refractivity contribution in [2.75, 3.05) is 0 Å². The van der Waals surface area contributed by atoms with Gasteiger partial charge in [0.25, 0.3) is 5.91 Å². The number of carbonyl (C=O) groups is 1. The molecule has 118 valence electrons. The van der Waals surface area contributed by atoms with Crippen LogP contribution in [-0.2, 0) is 26.4 Å². The Balaban J connectivity index is 1.50. The molecular formula is C16H17N5O2. The molecule has 0 bridgehead atoms. The maximum absolute atomic E-state index is 11.9. The van der Waals surface area contributed by atoms with Gasteiger partial charge in [0.05, 0.1) is 12.7 Å². The summed E-state index contributed by atoms with van der Waals surface area (Å²) in [5.41, 5.74) is 1.72. The van der Waals surface area contributed by atoms with E-state index in [9.17, 15) is 4.79 Å². The molecule has 3 aromatic rings. The van der Waals surface area contributed by atoms with Gasteiger partial charge in [-0.2, -0.15) is 10.1 Å². The zero-order valence-corrected chi connectivity index (χ0v) is 12.8. The predicted octanol–water partition coefficient (Wildman–Crippen LogP) is 1.52. The lowest BCUT2D eigenvalue weighted by molar-refractivity contribution is 0.0949. The summed E-state index contributed by atoms with van der Waals surface area (Å²) in [6, 6.07) is 9.01. The molecule has 0 fully saturated rings. The minimum atomic E-state index is -0.160. The van der Waals surface area contributed by atoms with Crippen LogP contribution in [0.4, 0.5) is 0 Å². The third-order valence-corrected chi connectivity index (χ3v) is 3.34. The Morgan fingerprint density at radius 2 is 2.09 bits per heavy atom. The summed E-state index contributed by atoms with van der Waals surface area (Å²) in [7, 11) is 1.88. The van der Waals surface area contributed by atoms with E-state index in [1.165, 1.54) is 0 Å². The van der Waals surface area contributed by atoms with Gasteiger partial charge in [-0.1, -0.05) is 23.4 Å². The first-order chi connectivity index (χ1) is 11.2. The molecule has 1 amide bonds. The average molecular weight is 311 g/mol. The van der Waals surface area contributed by atoms with Gasteiger partial charge in [-0.25, -0.2) is 0 Å². The lowest BCUT2D eigenvalue weighted by atomic mass is 10.2. The highest BCUT2D eigenvalue weighted by Gasteiger charge is 2.09. The molecule has 2 aromatic heterocycles. The summed E-state index contributed by atoms with van der Waals surface area (Å²) in [6.07, 6.45) is 5.20. The fraction of sp³-hybridized carbons (Fsp3) is 0.250. The first-order valence-electron chi connectivity index (χ1n) is 7.33. The van der Waals surface area contributed by atoms with E-state index in [1.807, 2.05) is 37.6 Å². The van der Waals surface area contributed by atoms with Crippen LogP contribution in [0.15, 0.2) is 47.2 Å². The molecule has 0 radical (unpaired) electrons. The Morgan fingerprint density at radius 3 is 2.83 bits per heavy atom. The Hall–Kier alpha value is -2.96. The summed E-state index contributed by atoms with van der Waals surface area (Å²) in [5, 5.41) is 10.8. The van der Waals surface area contributed by atoms with Gasteiger partial charge in [0.1, 0.15) is 0 Å². The van der Waals surface area contributed by atoms with Crippen LogP contribution in [0.5, 0.6) is 0 Å². The zero-order chi connectivity index (χ0) is 16.1. The highest BCUT2D eigenvalue weighted by atomic mass is 16.5. The van der Waals surface area contributed by atoms with Crippen molar-refractivity contribution in [2.24, 2.45) is 7.05 Å². The summed E-state index contributed by atoms with van der Waals surface area (Å²) < 4.78 is 6.95. The van der Waals surface area contributed by atoms with E-state index in [-0.39, 0.29) is 12.5 Å². The van der Waals surface area contributed by atoms with Crippen LogP contribution in [0, 0.1) is 0 Å². The molecule has 0 atom stereocenters. The second-order valence-corrected chi connectivity index (χ2v) is 5.18. The number of nitrogens with one attached hydrogen (secondary N) is 1. The number of nitrogens with zero attached hydrogens (tertiary/aromatic N) is 4. The molecule has 0 unspecified atom stereocenters. The predicted molar refractivity (Wildman–Crippen MR) is 82.5 cm³/mol. The van der Waals surface area contributed by atoms with Crippen molar-refractivity contribution >= 4 is 5.91 Å². The Morgan fingerprint density at radius 1 is 1.26 bits per heavy atom. The largest absolute Gasteiger partial charge is 0.345 e. The molecule has 0 saturated carbocycles. The number of hydrogen-bond acceptors (Lipinski definition) is 5. The fourth-order valence-electron chi connectivity index (χ4n) is 2.17. The second-order valence-electron chi connectivity index (χ2n) is 5.18. The van der Waals surface area contributed by atoms with Crippen molar-refractivity contribution in [2.45, 2.75) is 19.4 Å². The standard InChI is InChI=1S/C16H17N5O2/c1-21-11-12(9-18-21)7-8-15-19-14(20-23-15)10-17-16(22)13-5-3-2-4-6-13/h2-6,9,11H,7-8,10H2,1H3,(H,17,22). The molecule has 1 aromatic carbocycles. The van der Waals surface area contributed by atoms with Crippen LogP contribution >= 0.6 is 0 Å². The van der Waals surface area contributed by atoms with Crippen molar-refractivity contribution in [3.8, 4) is 0 Å². The lowest BCUT2D eigenvalue weighted by Crippen LogP contribution is -2.23. The quantitative estimate of drug-likeness (QED) is 0.746. The molecule has 1 N–H and O–H groups in total. The first kappa shape index (κ1) is 15.0. The first-order valence-corrected chi connectivity index (χ1v) is 7.33. The number of aryl methyl sites for hydroxylation is 3. The number of carbonyl (C=O) groups excluding carboxylic acids is 1. The molecule has 2 heterocycles. The van der Waals surface area contributed by atoms with Gasteiger partial charge in [-0.15, -0.1) is 0 Å². The smallest absolute Gasteiger partial charge is 0.251 e. The molecule has 0 aliphatic heterocycles. The van der Waals surface area contributed by atoms with Gasteiger partial charge in [0.2, 0.25) is 5.89 Å². The van der Waals surface area contributed by atoms with Crippen molar-refractivity contribution in [1.29, 1.82) is 0 Å². The third kappa shape index (κ3) is 4.03. The normalized spacial score (nSPS) is 10.7. The monoisotopic (exact) mass is 311 g/mol. The molecule has 23 heavy (non-hydrogen) atoms. The number of aromatic nitrogens is 4. The SMILES string of the molecule is Cn1cc(CCc2nc(CNC(=O)c3ccccc3)no2)cn1. The van der Waals surface area contributed by atoms with Gasteiger partial charge < -0.3 is 9.84 Å². The van der Waals surface area contributed by atoms with Crippen LogP contribution < -0.4 is 5.32 Å². The van der Waals surface area contributed by atoms with Crippen LogP contribution in [0.1, 0.15) is 27.6 Å². The molecule has 0 spiro atoms. The lowest BCUT2D eigenvalue weighted by Gasteiger charge is -2.01. The topological polar surface area (TPSA) is 85.8 Å². The third-order valence-electron chi connectivity index (χ3n) is 3.34. The van der Waals surface area contributed by atoms with E-state index in [0.29, 0.717) is 23.7 Å². The van der Waals surface area contributed by atoms with Crippen LogP contribution in [0.2, 0.25) is 0 Å². The summed E-state index contributed by atoms with van der Waals surface area (Å²) >= 11 is 0. The van der Waals surface area contributed by atoms with E-state index in [0.717, 1.165) is 12.0 Å². The molecule has 0 saturated heterocycles. The van der Waals surface area contributed by atoms with Crippen molar-refractivity contribution in [3.63, 3.8) is 0 Å². The summed E-state index contributed by atoms with van der Waals surface area (Å²) in [4.78, 5) is 16.2. The Labute approximate surface area is 133 Å². The Bertz CT molecular complexity index is 779. The number of benzene rings is 1. The van der Waals surface area contributed by atoms with Crippen molar-refractivity contribution < 1.29 is 9.32 Å². The van der Waals surface area contributed by atoms with Gasteiger partial charge >= 0.3 is 0 Å². The maximum atomic E-state index is 11.9. The van der Waals surface area contributed by atoms with Gasteiger partial charge in [-0.05, 0) is 24.1 Å². The molecule has 7 nitrogen and oxygen atoms in total. The minimum Gasteiger partial charge on any atom is -0.345 e. The summed E-state index contributed by atoms with van der Waals surface area (Å²) in [6.45, 7) is 0.240. The zero-order valence-electron chi connectivity index (χ0n) is 12.8. The van der Waals surface area contributed by atoms with Crippen LogP contribution in [0.3, 0.4) is 0 Å². The van der Waals surface area contributed by atoms with Gasteiger partial charge in [0, 0.05) is 25.2 Å². The second kappa shape index (κ2) is 6.87. The fourth-order valence-corrected chi connectivity index (χ4v) is 2.17. The molecule has 7 heteroatoms. The van der Waals surface area contributed by atoms with E-state index >= 15 is 0 Å². The van der Waals surface area contributed by atoms with Crippen molar-refractivity contribution in [1.82, 2.24) is 25.2 Å². The van der Waals surface area contributed by atoms with E-state index in [2.05, 4.69) is 20.6 Å². The maximum Gasteiger partial charge on any atom is 0.251 e. The van der Waals surface area contributed by atoms with E-state index < -0.39 is 0 Å². The minimum absolute atomic E-state index is 0.160. The number of hydrogen-bond donors (Lipinski definition) is 1. The van der Waals surface area contributed by atoms with Crippen LogP contribution in [0.25, 0.3) is 0 Å². The highest BCUT2D eigenvalue weighted by Crippen LogP contribution is 2.05. The molecular weight excluding hydrogens is 294 g/mol. The van der Waals surface area contributed by atoms with E-state index in [1.54, 1.807) is 16.8 Å². The Kier molecular flexibility index (Phi) is 4.46.